The van der Waals surface area contributed by atoms with E-state index in [2.05, 4.69) is 27.4 Å². The van der Waals surface area contributed by atoms with Crippen LogP contribution in [0.5, 0.6) is 0 Å². The monoisotopic (exact) mass is 274 g/mol. The van der Waals surface area contributed by atoms with E-state index in [0.717, 1.165) is 31.0 Å². The van der Waals surface area contributed by atoms with Gasteiger partial charge in [-0.3, -0.25) is 9.58 Å². The Hall–Kier alpha value is -1.62. The Morgan fingerprint density at radius 1 is 1.35 bits per heavy atom. The molecule has 1 fully saturated rings. The molecule has 0 aromatic carbocycles. The smallest absolute Gasteiger partial charge is 0.133 e. The van der Waals surface area contributed by atoms with Crippen molar-refractivity contribution in [1.82, 2.24) is 19.8 Å². The summed E-state index contributed by atoms with van der Waals surface area (Å²) in [6.07, 6.45) is 9.03. The first-order valence-electron chi connectivity index (χ1n) is 7.37. The minimum absolute atomic E-state index is 0.371. The molecule has 1 aliphatic heterocycles. The molecule has 108 valence electrons. The molecule has 0 spiro atoms. The van der Waals surface area contributed by atoms with Crippen LogP contribution in [0, 0.1) is 6.92 Å². The molecule has 3 rings (SSSR count). The average Bonchev–Trinajstić information content (AvgIpc) is 2.95. The lowest BCUT2D eigenvalue weighted by Gasteiger charge is -2.27. The molecule has 0 unspecified atom stereocenters. The highest BCUT2D eigenvalue weighted by atomic mass is 16.5. The molecule has 5 nitrogen and oxygen atoms in total. The predicted molar refractivity (Wildman–Crippen MR) is 76.1 cm³/mol. The van der Waals surface area contributed by atoms with E-state index in [4.69, 9.17) is 4.52 Å². The Labute approximate surface area is 119 Å². The number of rotatable bonds is 3. The highest BCUT2D eigenvalue weighted by molar-refractivity contribution is 5.11. The highest BCUT2D eigenvalue weighted by Crippen LogP contribution is 2.30. The summed E-state index contributed by atoms with van der Waals surface area (Å²) in [6, 6.07) is 2.45. The molecular weight excluding hydrogens is 252 g/mol. The van der Waals surface area contributed by atoms with E-state index in [1.54, 1.807) is 0 Å². The zero-order valence-electron chi connectivity index (χ0n) is 12.2. The molecular formula is C15H22N4O. The van der Waals surface area contributed by atoms with E-state index in [9.17, 15) is 0 Å². The van der Waals surface area contributed by atoms with Crippen LogP contribution >= 0.6 is 0 Å². The minimum Gasteiger partial charge on any atom is -0.361 e. The molecule has 0 amide bonds. The zero-order valence-corrected chi connectivity index (χ0v) is 12.2. The first-order chi connectivity index (χ1) is 9.72. The number of aryl methyl sites for hydroxylation is 2. The van der Waals surface area contributed by atoms with Gasteiger partial charge in [0.15, 0.2) is 0 Å². The number of nitrogens with zero attached hydrogens (tertiary/aromatic N) is 4. The maximum Gasteiger partial charge on any atom is 0.133 e. The molecule has 0 bridgehead atoms. The van der Waals surface area contributed by atoms with Gasteiger partial charge < -0.3 is 4.52 Å². The largest absolute Gasteiger partial charge is 0.361 e. The van der Waals surface area contributed by atoms with Crippen LogP contribution in [0.2, 0.25) is 0 Å². The Kier molecular flexibility index (Phi) is 3.87. The molecule has 2 aromatic rings. The first-order valence-corrected chi connectivity index (χ1v) is 7.37. The Morgan fingerprint density at radius 2 is 2.25 bits per heavy atom. The van der Waals surface area contributed by atoms with Crippen LogP contribution in [0.1, 0.15) is 48.7 Å². The summed E-state index contributed by atoms with van der Waals surface area (Å²) in [4.78, 5) is 2.52. The first kappa shape index (κ1) is 13.4. The van der Waals surface area contributed by atoms with Gasteiger partial charge in [0.1, 0.15) is 11.5 Å². The predicted octanol–water partition coefficient (Wildman–Crippen LogP) is 2.83. The molecule has 2 aromatic heterocycles. The second-order valence-electron chi connectivity index (χ2n) is 5.72. The summed E-state index contributed by atoms with van der Waals surface area (Å²) in [7, 11) is 1.96. The van der Waals surface area contributed by atoms with Crippen LogP contribution in [-0.4, -0.2) is 26.4 Å². The molecule has 20 heavy (non-hydrogen) atoms. The Bertz CT molecular complexity index is 560. The van der Waals surface area contributed by atoms with Crippen LogP contribution in [0.25, 0.3) is 0 Å². The topological polar surface area (TPSA) is 47.1 Å². The number of likely N-dealkylation sites (tertiary alicyclic amines) is 1. The van der Waals surface area contributed by atoms with Crippen LogP contribution < -0.4 is 0 Å². The maximum atomic E-state index is 5.27. The second kappa shape index (κ2) is 5.79. The van der Waals surface area contributed by atoms with Gasteiger partial charge in [-0.05, 0) is 26.3 Å². The summed E-state index contributed by atoms with van der Waals surface area (Å²) in [5.41, 5.74) is 2.34. The van der Waals surface area contributed by atoms with Crippen molar-refractivity contribution in [1.29, 1.82) is 0 Å². The van der Waals surface area contributed by atoms with Gasteiger partial charge in [-0.15, -0.1) is 0 Å². The Morgan fingerprint density at radius 3 is 2.95 bits per heavy atom. The van der Waals surface area contributed by atoms with Gasteiger partial charge >= 0.3 is 0 Å². The lowest BCUT2D eigenvalue weighted by molar-refractivity contribution is 0.183. The maximum absolute atomic E-state index is 5.27. The van der Waals surface area contributed by atoms with Crippen LogP contribution in [0.4, 0.5) is 0 Å². The fraction of sp³-hybridized carbons (Fsp3) is 0.600. The molecule has 0 saturated carbocycles. The van der Waals surface area contributed by atoms with Gasteiger partial charge in [-0.1, -0.05) is 18.0 Å². The number of hydrogen-bond donors (Lipinski definition) is 0. The minimum atomic E-state index is 0.371. The molecule has 3 heterocycles. The van der Waals surface area contributed by atoms with Crippen LogP contribution in [0.15, 0.2) is 23.0 Å². The van der Waals surface area contributed by atoms with Crippen molar-refractivity contribution in [2.75, 3.05) is 6.54 Å². The lowest BCUT2D eigenvalue weighted by Crippen LogP contribution is -2.28. The third kappa shape index (κ3) is 2.93. The summed E-state index contributed by atoms with van der Waals surface area (Å²) in [5, 5.41) is 8.50. The molecule has 1 atom stereocenters. The molecule has 1 aliphatic rings. The molecule has 0 N–H and O–H groups in total. The summed E-state index contributed by atoms with van der Waals surface area (Å²) >= 11 is 0. The van der Waals surface area contributed by atoms with Gasteiger partial charge in [0, 0.05) is 31.4 Å². The molecule has 5 heteroatoms. The summed E-state index contributed by atoms with van der Waals surface area (Å²) in [5.74, 6) is 0.894. The quantitative estimate of drug-likeness (QED) is 0.863. The van der Waals surface area contributed by atoms with Gasteiger partial charge in [-0.25, -0.2) is 0 Å². The average molecular weight is 274 g/mol. The molecule has 1 saturated heterocycles. The lowest BCUT2D eigenvalue weighted by atomic mass is 10.1. The van der Waals surface area contributed by atoms with Crippen molar-refractivity contribution in [3.63, 3.8) is 0 Å². The Balaban J connectivity index is 1.80. The van der Waals surface area contributed by atoms with Crippen molar-refractivity contribution in [3.8, 4) is 0 Å². The SMILES string of the molecule is Cc1cc([C@@H]2CCCCCN2Cc2cnn(C)c2)no1. The van der Waals surface area contributed by atoms with Crippen molar-refractivity contribution in [2.45, 2.75) is 45.2 Å². The zero-order chi connectivity index (χ0) is 13.9. The fourth-order valence-electron chi connectivity index (χ4n) is 3.02. The summed E-state index contributed by atoms with van der Waals surface area (Å²) < 4.78 is 7.13. The van der Waals surface area contributed by atoms with E-state index in [1.807, 2.05) is 24.9 Å². The van der Waals surface area contributed by atoms with E-state index in [0.29, 0.717) is 6.04 Å². The van der Waals surface area contributed by atoms with Gasteiger partial charge in [-0.2, -0.15) is 5.10 Å². The standard InChI is InChI=1S/C15H22N4O/c1-12-8-14(17-20-12)15-6-4-3-5-7-19(15)11-13-9-16-18(2)10-13/h8-10,15H,3-7,11H2,1-2H3/t15-/m0/s1. The van der Waals surface area contributed by atoms with Crippen molar-refractivity contribution >= 4 is 0 Å². The van der Waals surface area contributed by atoms with E-state index >= 15 is 0 Å². The van der Waals surface area contributed by atoms with Gasteiger partial charge in [0.25, 0.3) is 0 Å². The van der Waals surface area contributed by atoms with Gasteiger partial charge in [0.2, 0.25) is 0 Å². The van der Waals surface area contributed by atoms with Crippen LogP contribution in [-0.2, 0) is 13.6 Å². The third-order valence-corrected chi connectivity index (χ3v) is 4.00. The van der Waals surface area contributed by atoms with Gasteiger partial charge in [0.05, 0.1) is 12.2 Å². The molecule has 0 radical (unpaired) electrons. The normalized spacial score (nSPS) is 21.0. The fourth-order valence-corrected chi connectivity index (χ4v) is 3.02. The van der Waals surface area contributed by atoms with E-state index in [1.165, 1.54) is 24.8 Å². The third-order valence-electron chi connectivity index (χ3n) is 4.00. The number of aromatic nitrogens is 3. The van der Waals surface area contributed by atoms with Crippen LogP contribution in [0.3, 0.4) is 0 Å². The summed E-state index contributed by atoms with van der Waals surface area (Å²) in [6.45, 7) is 4.01. The second-order valence-corrected chi connectivity index (χ2v) is 5.72. The van der Waals surface area contributed by atoms with E-state index < -0.39 is 0 Å². The van der Waals surface area contributed by atoms with Crippen molar-refractivity contribution in [3.05, 3.63) is 35.5 Å². The van der Waals surface area contributed by atoms with Crippen molar-refractivity contribution < 1.29 is 4.52 Å². The van der Waals surface area contributed by atoms with E-state index in [-0.39, 0.29) is 0 Å². The molecule has 0 aliphatic carbocycles. The number of hydrogen-bond acceptors (Lipinski definition) is 4. The highest BCUT2D eigenvalue weighted by Gasteiger charge is 2.25. The van der Waals surface area contributed by atoms with Crippen molar-refractivity contribution in [2.24, 2.45) is 7.05 Å².